The van der Waals surface area contributed by atoms with Gasteiger partial charge in [-0.25, -0.2) is 4.18 Å². The van der Waals surface area contributed by atoms with Gasteiger partial charge in [-0.3, -0.25) is 9.35 Å². The highest BCUT2D eigenvalue weighted by Gasteiger charge is 2.48. The van der Waals surface area contributed by atoms with Gasteiger partial charge in [0.25, 0.3) is 0 Å². The summed E-state index contributed by atoms with van der Waals surface area (Å²) in [6, 6.07) is -0.940. The number of carbonyl (C=O) groups is 1. The first-order valence-corrected chi connectivity index (χ1v) is 29.9. The molecule has 404 valence electrons. The summed E-state index contributed by atoms with van der Waals surface area (Å²) in [4.78, 5) is 13.1. The molecule has 12 nitrogen and oxygen atoms in total. The quantitative estimate of drug-likeness (QED) is 0.0193. The van der Waals surface area contributed by atoms with Crippen LogP contribution in [0.1, 0.15) is 277 Å². The van der Waals surface area contributed by atoms with Crippen LogP contribution in [0.4, 0.5) is 0 Å². The van der Waals surface area contributed by atoms with Gasteiger partial charge in [0.05, 0.1) is 25.4 Å². The van der Waals surface area contributed by atoms with Crippen LogP contribution in [0.15, 0.2) is 12.2 Å². The van der Waals surface area contributed by atoms with Crippen molar-refractivity contribution in [2.45, 2.75) is 320 Å². The van der Waals surface area contributed by atoms with Gasteiger partial charge in [-0.1, -0.05) is 264 Å². The van der Waals surface area contributed by atoms with Crippen LogP contribution >= 0.6 is 0 Å². The number of aliphatic hydroxyl groups excluding tert-OH is 4. The number of unbranched alkanes of at least 4 members (excludes halogenated alkanes) is 38. The molecule has 0 aromatic carbocycles. The number of rotatable bonds is 50. The molecule has 0 aromatic rings. The van der Waals surface area contributed by atoms with Crippen LogP contribution in [0.3, 0.4) is 0 Å². The molecule has 1 aliphatic heterocycles. The Morgan fingerprint density at radius 1 is 0.574 bits per heavy atom. The number of amides is 1. The van der Waals surface area contributed by atoms with Crippen molar-refractivity contribution in [2.24, 2.45) is 0 Å². The van der Waals surface area contributed by atoms with E-state index in [2.05, 4.69) is 23.3 Å². The van der Waals surface area contributed by atoms with Crippen LogP contribution < -0.4 is 5.32 Å². The van der Waals surface area contributed by atoms with Crippen LogP contribution in [0, 0.1) is 0 Å². The van der Waals surface area contributed by atoms with Crippen LogP contribution in [0.25, 0.3) is 0 Å². The number of hydrogen-bond acceptors (Lipinski definition) is 10. The summed E-state index contributed by atoms with van der Waals surface area (Å²) in [6.07, 6.45) is 45.4. The molecule has 7 unspecified atom stereocenters. The zero-order valence-electron chi connectivity index (χ0n) is 43.7. The van der Waals surface area contributed by atoms with Crippen molar-refractivity contribution >= 4 is 16.3 Å². The molecule has 68 heavy (non-hydrogen) atoms. The van der Waals surface area contributed by atoms with Crippen LogP contribution in [-0.4, -0.2) is 95.4 Å². The number of aliphatic hydroxyl groups is 4. The van der Waals surface area contributed by atoms with Gasteiger partial charge >= 0.3 is 10.4 Å². The molecule has 0 bridgehead atoms. The smallest absolute Gasteiger partial charge is 0.394 e. The number of carbonyl (C=O) groups excluding carboxylic acids is 1. The molecule has 7 atom stereocenters. The van der Waals surface area contributed by atoms with Crippen molar-refractivity contribution in [3.63, 3.8) is 0 Å². The minimum Gasteiger partial charge on any atom is -0.394 e. The number of allylic oxidation sites excluding steroid dienone is 1. The van der Waals surface area contributed by atoms with E-state index in [1.165, 1.54) is 212 Å². The van der Waals surface area contributed by atoms with E-state index in [9.17, 15) is 38.2 Å². The minimum absolute atomic E-state index is 0.256. The standard InChI is InChI=1S/C55H107NO11S/c1-3-5-7-9-11-13-15-17-19-21-23-24-25-27-28-30-32-34-36-38-40-42-44-49(58)48(47-65-55-53(61)54(67-68(62,63)64)52(60)50(46-57)66-55)56-51(59)45-43-41-39-37-35-33-31-29-26-22-20-18-16-14-12-10-8-6-4-2/h42,44,48-50,52-55,57-58,60-61H,3-41,43,45-47H2,1-2H3,(H,56,59)(H,62,63,64)/b44-42+. The van der Waals surface area contributed by atoms with Gasteiger partial charge < -0.3 is 35.2 Å². The molecular weight excluding hydrogens is 883 g/mol. The highest BCUT2D eigenvalue weighted by Crippen LogP contribution is 2.26. The molecule has 0 aromatic heterocycles. The average molecular weight is 991 g/mol. The Morgan fingerprint density at radius 2 is 0.926 bits per heavy atom. The fourth-order valence-corrected chi connectivity index (χ4v) is 9.91. The lowest BCUT2D eigenvalue weighted by atomic mass is 9.99. The normalized spacial score (nSPS) is 19.8. The second kappa shape index (κ2) is 45.7. The highest BCUT2D eigenvalue weighted by atomic mass is 32.3. The molecule has 1 amide bonds. The predicted molar refractivity (Wildman–Crippen MR) is 278 cm³/mol. The molecule has 0 radical (unpaired) electrons. The number of nitrogens with one attached hydrogen (secondary N) is 1. The largest absolute Gasteiger partial charge is 0.397 e. The number of ether oxygens (including phenoxy) is 2. The van der Waals surface area contributed by atoms with Crippen molar-refractivity contribution < 1.29 is 51.8 Å². The van der Waals surface area contributed by atoms with E-state index >= 15 is 0 Å². The first-order chi connectivity index (χ1) is 33.0. The van der Waals surface area contributed by atoms with Crippen molar-refractivity contribution in [1.29, 1.82) is 0 Å². The lowest BCUT2D eigenvalue weighted by Gasteiger charge is -2.41. The molecule has 0 spiro atoms. The summed E-state index contributed by atoms with van der Waals surface area (Å²) in [5, 5.41) is 45.0. The third-order valence-electron chi connectivity index (χ3n) is 13.8. The second-order valence-electron chi connectivity index (χ2n) is 20.2. The Morgan fingerprint density at radius 3 is 1.28 bits per heavy atom. The van der Waals surface area contributed by atoms with Gasteiger partial charge in [0.15, 0.2) is 6.29 Å². The maximum absolute atomic E-state index is 13.1. The Balaban J connectivity index is 2.39. The Labute approximate surface area is 417 Å². The molecule has 0 aliphatic carbocycles. The van der Waals surface area contributed by atoms with Crippen molar-refractivity contribution in [1.82, 2.24) is 5.32 Å². The van der Waals surface area contributed by atoms with Gasteiger partial charge in [-0.15, -0.1) is 0 Å². The van der Waals surface area contributed by atoms with Crippen molar-refractivity contribution in [3.05, 3.63) is 12.2 Å². The fourth-order valence-electron chi connectivity index (χ4n) is 9.40. The molecule has 6 N–H and O–H groups in total. The third-order valence-corrected chi connectivity index (χ3v) is 14.3. The first-order valence-electron chi connectivity index (χ1n) is 28.6. The van der Waals surface area contributed by atoms with Gasteiger partial charge in [0.1, 0.15) is 24.4 Å². The highest BCUT2D eigenvalue weighted by molar-refractivity contribution is 7.80. The van der Waals surface area contributed by atoms with Crippen LogP contribution in [0.2, 0.25) is 0 Å². The van der Waals surface area contributed by atoms with Gasteiger partial charge in [0, 0.05) is 6.42 Å². The Kier molecular flexibility index (Phi) is 43.6. The average Bonchev–Trinajstić information content (AvgIpc) is 3.31. The maximum Gasteiger partial charge on any atom is 0.397 e. The summed E-state index contributed by atoms with van der Waals surface area (Å²) in [5.41, 5.74) is 0. The van der Waals surface area contributed by atoms with E-state index in [1.807, 2.05) is 6.08 Å². The van der Waals surface area contributed by atoms with E-state index in [0.29, 0.717) is 6.42 Å². The summed E-state index contributed by atoms with van der Waals surface area (Å²) in [7, 11) is -5.09. The first kappa shape index (κ1) is 64.9. The summed E-state index contributed by atoms with van der Waals surface area (Å²) in [5.74, 6) is -0.256. The van der Waals surface area contributed by atoms with E-state index in [1.54, 1.807) is 6.08 Å². The van der Waals surface area contributed by atoms with E-state index in [4.69, 9.17) is 9.47 Å². The fraction of sp³-hybridized carbons (Fsp3) is 0.945. The van der Waals surface area contributed by atoms with Gasteiger partial charge in [-0.2, -0.15) is 8.42 Å². The monoisotopic (exact) mass is 990 g/mol. The topological polar surface area (TPSA) is 192 Å². The van der Waals surface area contributed by atoms with E-state index in [-0.39, 0.29) is 18.9 Å². The molecule has 1 heterocycles. The summed E-state index contributed by atoms with van der Waals surface area (Å²) >= 11 is 0. The van der Waals surface area contributed by atoms with Crippen molar-refractivity contribution in [2.75, 3.05) is 13.2 Å². The minimum atomic E-state index is -5.09. The lowest BCUT2D eigenvalue weighted by Crippen LogP contribution is -2.61. The third kappa shape index (κ3) is 37.6. The summed E-state index contributed by atoms with van der Waals surface area (Å²) < 4.78 is 47.8. The second-order valence-corrected chi connectivity index (χ2v) is 21.3. The van der Waals surface area contributed by atoms with Gasteiger partial charge in [0.2, 0.25) is 5.91 Å². The maximum atomic E-state index is 13.1. The van der Waals surface area contributed by atoms with Gasteiger partial charge in [-0.05, 0) is 19.3 Å². The SMILES string of the molecule is CCCCCCCCCCCCCCCCCCCCCC/C=C/C(O)C(COC1OC(CO)C(O)C(OS(=O)(=O)O)C1O)NC(=O)CCCCCCCCCCCCCCCCCCCCC. The lowest BCUT2D eigenvalue weighted by molar-refractivity contribution is -0.298. The molecule has 1 rings (SSSR count). The van der Waals surface area contributed by atoms with Crippen LogP contribution in [-0.2, 0) is 28.9 Å². The molecule has 1 aliphatic rings. The number of hydrogen-bond donors (Lipinski definition) is 6. The zero-order valence-corrected chi connectivity index (χ0v) is 44.5. The Hall–Kier alpha value is -1.16. The molecular formula is C55H107NO11S. The Bertz CT molecular complexity index is 1260. The van der Waals surface area contributed by atoms with E-state index in [0.717, 1.165) is 38.5 Å². The molecule has 0 saturated carbocycles. The molecule has 13 heteroatoms. The predicted octanol–water partition coefficient (Wildman–Crippen LogP) is 13.1. The van der Waals surface area contributed by atoms with Crippen molar-refractivity contribution in [3.8, 4) is 0 Å². The molecule has 1 saturated heterocycles. The zero-order chi connectivity index (χ0) is 49.8. The van der Waals surface area contributed by atoms with E-state index < -0.39 is 59.9 Å². The van der Waals surface area contributed by atoms with Crippen LogP contribution in [0.5, 0.6) is 0 Å². The molecule has 1 fully saturated rings. The summed E-state index contributed by atoms with van der Waals surface area (Å²) in [6.45, 7) is 3.44.